The number of nitrogens with one attached hydrogen (secondary N) is 1. The van der Waals surface area contributed by atoms with Gasteiger partial charge in [-0.1, -0.05) is 25.0 Å². The zero-order valence-corrected chi connectivity index (χ0v) is 11.3. The van der Waals surface area contributed by atoms with Crippen molar-refractivity contribution in [3.05, 3.63) is 12.2 Å². The molecule has 1 saturated carbocycles. The highest BCUT2D eigenvalue weighted by Gasteiger charge is 2.18. The molecule has 0 unspecified atom stereocenters. The molecule has 96 valence electrons. The third-order valence-corrected chi connectivity index (χ3v) is 5.08. The van der Waals surface area contributed by atoms with Crippen LogP contribution in [0.2, 0.25) is 0 Å². The summed E-state index contributed by atoms with van der Waals surface area (Å²) in [5.74, 6) is 1.58. The number of carbonyl (C=O) groups excluding carboxylic acids is 1. The summed E-state index contributed by atoms with van der Waals surface area (Å²) in [7, 11) is 0. The standard InChI is InChI=1S/C14H23NOS/c16-14(12-6-2-1-3-7-12)15-10-11-17-13-8-4-5-9-13/h1-2,12-13H,3-11H2,(H,15,16)/t12-/m0/s1. The van der Waals surface area contributed by atoms with Gasteiger partial charge in [0, 0.05) is 23.5 Å². The van der Waals surface area contributed by atoms with Crippen molar-refractivity contribution in [2.75, 3.05) is 12.3 Å². The summed E-state index contributed by atoms with van der Waals surface area (Å²) in [6.07, 6.45) is 12.9. The van der Waals surface area contributed by atoms with Gasteiger partial charge in [0.1, 0.15) is 0 Å². The molecule has 1 N–H and O–H groups in total. The fourth-order valence-corrected chi connectivity index (χ4v) is 3.85. The van der Waals surface area contributed by atoms with E-state index >= 15 is 0 Å². The van der Waals surface area contributed by atoms with Gasteiger partial charge in [-0.3, -0.25) is 4.79 Å². The van der Waals surface area contributed by atoms with E-state index in [1.807, 2.05) is 11.8 Å². The first kappa shape index (κ1) is 13.0. The monoisotopic (exact) mass is 253 g/mol. The molecule has 17 heavy (non-hydrogen) atoms. The lowest BCUT2D eigenvalue weighted by molar-refractivity contribution is -0.125. The average molecular weight is 253 g/mol. The Bertz CT molecular complexity index is 271. The summed E-state index contributed by atoms with van der Waals surface area (Å²) in [5, 5.41) is 3.95. The summed E-state index contributed by atoms with van der Waals surface area (Å²) in [6, 6.07) is 0. The van der Waals surface area contributed by atoms with Gasteiger partial charge in [0.2, 0.25) is 5.91 Å². The van der Waals surface area contributed by atoms with Crippen LogP contribution in [-0.4, -0.2) is 23.5 Å². The maximum atomic E-state index is 11.8. The second-order valence-corrected chi connectivity index (χ2v) is 6.46. The highest BCUT2D eigenvalue weighted by atomic mass is 32.2. The highest BCUT2D eigenvalue weighted by molar-refractivity contribution is 7.99. The molecule has 0 heterocycles. The van der Waals surface area contributed by atoms with E-state index in [1.165, 1.54) is 25.7 Å². The lowest BCUT2D eigenvalue weighted by atomic mass is 9.94. The van der Waals surface area contributed by atoms with Gasteiger partial charge in [0.15, 0.2) is 0 Å². The van der Waals surface area contributed by atoms with Crippen molar-refractivity contribution >= 4 is 17.7 Å². The molecule has 2 aliphatic rings. The second kappa shape index (κ2) is 7.10. The minimum atomic E-state index is 0.233. The van der Waals surface area contributed by atoms with Crippen molar-refractivity contribution in [1.82, 2.24) is 5.32 Å². The molecule has 2 aliphatic carbocycles. The zero-order valence-electron chi connectivity index (χ0n) is 10.5. The molecule has 1 atom stereocenters. The zero-order chi connectivity index (χ0) is 11.9. The first-order chi connectivity index (χ1) is 8.36. The van der Waals surface area contributed by atoms with Crippen LogP contribution in [0.1, 0.15) is 44.9 Å². The Kier molecular flexibility index (Phi) is 5.43. The summed E-state index contributed by atoms with van der Waals surface area (Å²) in [4.78, 5) is 11.8. The van der Waals surface area contributed by atoms with E-state index in [-0.39, 0.29) is 11.8 Å². The molecule has 0 aliphatic heterocycles. The molecule has 0 aromatic carbocycles. The van der Waals surface area contributed by atoms with Gasteiger partial charge in [-0.15, -0.1) is 0 Å². The Hall–Kier alpha value is -0.440. The third-order valence-electron chi connectivity index (χ3n) is 3.70. The number of rotatable bonds is 5. The van der Waals surface area contributed by atoms with E-state index in [1.54, 1.807) is 0 Å². The predicted octanol–water partition coefficient (Wildman–Crippen LogP) is 3.13. The van der Waals surface area contributed by atoms with Gasteiger partial charge in [-0.05, 0) is 32.1 Å². The van der Waals surface area contributed by atoms with Crippen molar-refractivity contribution in [3.8, 4) is 0 Å². The molecular weight excluding hydrogens is 230 g/mol. The van der Waals surface area contributed by atoms with E-state index < -0.39 is 0 Å². The molecule has 2 nitrogen and oxygen atoms in total. The molecule has 2 rings (SSSR count). The average Bonchev–Trinajstić information content (AvgIpc) is 2.88. The van der Waals surface area contributed by atoms with Crippen LogP contribution >= 0.6 is 11.8 Å². The second-order valence-electron chi connectivity index (χ2n) is 5.05. The van der Waals surface area contributed by atoms with E-state index in [2.05, 4.69) is 17.5 Å². The maximum absolute atomic E-state index is 11.8. The largest absolute Gasteiger partial charge is 0.355 e. The number of carbonyl (C=O) groups is 1. The Labute approximate surface area is 109 Å². The molecule has 1 amide bonds. The fraction of sp³-hybridized carbons (Fsp3) is 0.786. The van der Waals surface area contributed by atoms with Crippen LogP contribution in [0.4, 0.5) is 0 Å². The lowest BCUT2D eigenvalue weighted by Gasteiger charge is -2.17. The number of allylic oxidation sites excluding steroid dienone is 2. The smallest absolute Gasteiger partial charge is 0.223 e. The summed E-state index contributed by atoms with van der Waals surface area (Å²) in [5.41, 5.74) is 0. The van der Waals surface area contributed by atoms with Crippen LogP contribution in [0.3, 0.4) is 0 Å². The Morgan fingerprint density at radius 3 is 2.76 bits per heavy atom. The minimum Gasteiger partial charge on any atom is -0.355 e. The lowest BCUT2D eigenvalue weighted by Crippen LogP contribution is -2.32. The van der Waals surface area contributed by atoms with E-state index in [9.17, 15) is 4.79 Å². The molecule has 0 aromatic rings. The molecule has 0 bridgehead atoms. The van der Waals surface area contributed by atoms with Gasteiger partial charge in [-0.2, -0.15) is 11.8 Å². The van der Waals surface area contributed by atoms with Crippen molar-refractivity contribution in [2.24, 2.45) is 5.92 Å². The number of amides is 1. The van der Waals surface area contributed by atoms with E-state index in [0.717, 1.165) is 36.8 Å². The molecule has 0 aromatic heterocycles. The van der Waals surface area contributed by atoms with Gasteiger partial charge in [0.05, 0.1) is 0 Å². The molecule has 0 spiro atoms. The molecule has 1 fully saturated rings. The van der Waals surface area contributed by atoms with Crippen molar-refractivity contribution in [3.63, 3.8) is 0 Å². The summed E-state index contributed by atoms with van der Waals surface area (Å²) < 4.78 is 0. The van der Waals surface area contributed by atoms with Crippen LogP contribution in [0.25, 0.3) is 0 Å². The van der Waals surface area contributed by atoms with Crippen LogP contribution in [0, 0.1) is 5.92 Å². The molecular formula is C14H23NOS. The summed E-state index contributed by atoms with van der Waals surface area (Å²) >= 11 is 2.04. The molecule has 0 radical (unpaired) electrons. The maximum Gasteiger partial charge on any atom is 0.223 e. The van der Waals surface area contributed by atoms with Gasteiger partial charge in [0.25, 0.3) is 0 Å². The van der Waals surface area contributed by atoms with Crippen molar-refractivity contribution in [2.45, 2.75) is 50.2 Å². The fourth-order valence-electron chi connectivity index (χ4n) is 2.63. The van der Waals surface area contributed by atoms with Gasteiger partial charge < -0.3 is 5.32 Å². The highest BCUT2D eigenvalue weighted by Crippen LogP contribution is 2.28. The number of hydrogen-bond acceptors (Lipinski definition) is 2. The Morgan fingerprint density at radius 2 is 2.06 bits per heavy atom. The number of thioether (sulfide) groups is 1. The molecule has 0 saturated heterocycles. The quantitative estimate of drug-likeness (QED) is 0.602. The topological polar surface area (TPSA) is 29.1 Å². The van der Waals surface area contributed by atoms with E-state index in [4.69, 9.17) is 0 Å². The van der Waals surface area contributed by atoms with Crippen LogP contribution in [-0.2, 0) is 4.79 Å². The number of hydrogen-bond donors (Lipinski definition) is 1. The predicted molar refractivity (Wildman–Crippen MR) is 74.2 cm³/mol. The molecule has 3 heteroatoms. The summed E-state index contributed by atoms with van der Waals surface area (Å²) in [6.45, 7) is 0.847. The Balaban J connectivity index is 1.54. The van der Waals surface area contributed by atoms with Gasteiger partial charge in [-0.25, -0.2) is 0 Å². The van der Waals surface area contributed by atoms with Crippen LogP contribution in [0.5, 0.6) is 0 Å². The Morgan fingerprint density at radius 1 is 1.24 bits per heavy atom. The third kappa shape index (κ3) is 4.38. The normalized spacial score (nSPS) is 25.1. The first-order valence-corrected chi connectivity index (χ1v) is 7.95. The van der Waals surface area contributed by atoms with Crippen LogP contribution < -0.4 is 5.32 Å². The minimum absolute atomic E-state index is 0.233. The van der Waals surface area contributed by atoms with Crippen molar-refractivity contribution in [1.29, 1.82) is 0 Å². The van der Waals surface area contributed by atoms with E-state index in [0.29, 0.717) is 0 Å². The van der Waals surface area contributed by atoms with Crippen LogP contribution in [0.15, 0.2) is 12.2 Å². The SMILES string of the molecule is O=C(NCCSC1CCCC1)[C@H]1CC=CCC1. The van der Waals surface area contributed by atoms with Crippen molar-refractivity contribution < 1.29 is 4.79 Å². The van der Waals surface area contributed by atoms with Gasteiger partial charge >= 0.3 is 0 Å². The first-order valence-electron chi connectivity index (χ1n) is 6.90.